The molecule has 0 bridgehead atoms. The second kappa shape index (κ2) is 10.3. The van der Waals surface area contributed by atoms with Crippen LogP contribution in [0.2, 0.25) is 5.02 Å². The molecular formula is C19H19ClN2O6. The van der Waals surface area contributed by atoms with E-state index in [1.54, 1.807) is 0 Å². The van der Waals surface area contributed by atoms with Gasteiger partial charge in [0.25, 0.3) is 11.6 Å². The lowest BCUT2D eigenvalue weighted by atomic mass is 10.2. The van der Waals surface area contributed by atoms with Gasteiger partial charge in [0.05, 0.1) is 22.2 Å². The highest BCUT2D eigenvalue weighted by molar-refractivity contribution is 6.33. The molecule has 0 aliphatic heterocycles. The number of carbonyl (C=O) groups is 2. The number of hydrogen-bond acceptors (Lipinski definition) is 6. The van der Waals surface area contributed by atoms with Crippen molar-refractivity contribution in [3.05, 3.63) is 63.2 Å². The van der Waals surface area contributed by atoms with Crippen LogP contribution in [0.15, 0.2) is 42.5 Å². The number of nitro benzene ring substituents is 1. The number of benzene rings is 2. The van der Waals surface area contributed by atoms with Crippen LogP contribution in [0.4, 0.5) is 11.4 Å². The molecule has 148 valence electrons. The summed E-state index contributed by atoms with van der Waals surface area (Å²) in [7, 11) is 0. The molecule has 0 saturated carbocycles. The van der Waals surface area contributed by atoms with Crippen LogP contribution in [0.3, 0.4) is 0 Å². The number of esters is 1. The Labute approximate surface area is 166 Å². The maximum atomic E-state index is 11.9. The summed E-state index contributed by atoms with van der Waals surface area (Å²) < 4.78 is 10.4. The Bertz CT molecular complexity index is 871. The number of aryl methyl sites for hydroxylation is 1. The van der Waals surface area contributed by atoms with E-state index in [-0.39, 0.29) is 22.8 Å². The lowest BCUT2D eigenvalue weighted by Gasteiger charge is -2.09. The van der Waals surface area contributed by atoms with E-state index in [1.807, 2.05) is 31.2 Å². The average Bonchev–Trinajstić information content (AvgIpc) is 2.65. The second-order valence-electron chi connectivity index (χ2n) is 5.90. The minimum atomic E-state index is -0.647. The summed E-state index contributed by atoms with van der Waals surface area (Å²) in [4.78, 5) is 33.7. The fourth-order valence-corrected chi connectivity index (χ4v) is 2.40. The molecule has 0 spiro atoms. The van der Waals surface area contributed by atoms with Crippen LogP contribution in [0, 0.1) is 17.0 Å². The van der Waals surface area contributed by atoms with E-state index in [0.29, 0.717) is 13.0 Å². The monoisotopic (exact) mass is 406 g/mol. The van der Waals surface area contributed by atoms with Crippen molar-refractivity contribution in [3.8, 4) is 5.75 Å². The van der Waals surface area contributed by atoms with E-state index in [0.717, 1.165) is 17.4 Å². The van der Waals surface area contributed by atoms with Gasteiger partial charge in [-0.25, -0.2) is 0 Å². The van der Waals surface area contributed by atoms with E-state index in [2.05, 4.69) is 5.32 Å². The Kier molecular flexibility index (Phi) is 7.76. The molecule has 0 heterocycles. The summed E-state index contributed by atoms with van der Waals surface area (Å²) in [6.45, 7) is 1.78. The number of non-ortho nitro benzene ring substituents is 1. The highest BCUT2D eigenvalue weighted by Gasteiger charge is 2.13. The van der Waals surface area contributed by atoms with Crippen molar-refractivity contribution in [2.75, 3.05) is 18.5 Å². The molecular weight excluding hydrogens is 388 g/mol. The molecule has 1 N–H and O–H groups in total. The van der Waals surface area contributed by atoms with Gasteiger partial charge in [-0.1, -0.05) is 23.7 Å². The molecule has 0 fully saturated rings. The molecule has 0 radical (unpaired) electrons. The van der Waals surface area contributed by atoms with Gasteiger partial charge in [0.15, 0.2) is 6.61 Å². The van der Waals surface area contributed by atoms with Crippen LogP contribution in [-0.2, 0) is 14.3 Å². The van der Waals surface area contributed by atoms with Gasteiger partial charge in [0.1, 0.15) is 5.75 Å². The van der Waals surface area contributed by atoms with Gasteiger partial charge >= 0.3 is 5.97 Å². The number of nitrogens with zero attached hydrogens (tertiary/aromatic N) is 1. The first-order chi connectivity index (χ1) is 13.3. The molecule has 8 nitrogen and oxygen atoms in total. The van der Waals surface area contributed by atoms with Crippen LogP contribution in [0.25, 0.3) is 0 Å². The fourth-order valence-electron chi connectivity index (χ4n) is 2.24. The van der Waals surface area contributed by atoms with Gasteiger partial charge in [-0.3, -0.25) is 19.7 Å². The van der Waals surface area contributed by atoms with Gasteiger partial charge in [0.2, 0.25) is 0 Å². The Hall–Kier alpha value is -3.13. The Morgan fingerprint density at radius 3 is 2.71 bits per heavy atom. The van der Waals surface area contributed by atoms with Crippen molar-refractivity contribution in [2.24, 2.45) is 0 Å². The maximum absolute atomic E-state index is 11.9. The van der Waals surface area contributed by atoms with Crippen LogP contribution < -0.4 is 10.1 Å². The largest absolute Gasteiger partial charge is 0.494 e. The van der Waals surface area contributed by atoms with Crippen LogP contribution >= 0.6 is 11.6 Å². The average molecular weight is 407 g/mol. The minimum Gasteiger partial charge on any atom is -0.494 e. The number of halogens is 1. The third-order valence-corrected chi connectivity index (χ3v) is 3.91. The van der Waals surface area contributed by atoms with Gasteiger partial charge in [-0.05, 0) is 37.1 Å². The minimum absolute atomic E-state index is 0.0727. The molecule has 0 unspecified atom stereocenters. The third-order valence-electron chi connectivity index (χ3n) is 3.58. The van der Waals surface area contributed by atoms with E-state index in [1.165, 1.54) is 12.1 Å². The molecule has 0 aliphatic carbocycles. The van der Waals surface area contributed by atoms with E-state index < -0.39 is 23.4 Å². The van der Waals surface area contributed by atoms with Crippen molar-refractivity contribution in [3.63, 3.8) is 0 Å². The van der Waals surface area contributed by atoms with Crippen LogP contribution in [0.5, 0.6) is 5.75 Å². The number of nitrogens with one attached hydrogen (secondary N) is 1. The first-order valence-electron chi connectivity index (χ1n) is 8.44. The van der Waals surface area contributed by atoms with Crippen molar-refractivity contribution in [1.29, 1.82) is 0 Å². The highest BCUT2D eigenvalue weighted by Crippen LogP contribution is 2.26. The molecule has 0 atom stereocenters. The normalized spacial score (nSPS) is 10.2. The molecule has 0 aromatic heterocycles. The molecule has 0 saturated heterocycles. The molecule has 9 heteroatoms. The summed E-state index contributed by atoms with van der Waals surface area (Å²) >= 11 is 5.89. The number of carbonyl (C=O) groups excluding carboxylic acids is 2. The molecule has 0 aliphatic rings. The van der Waals surface area contributed by atoms with Gasteiger partial charge in [-0.15, -0.1) is 0 Å². The fraction of sp³-hybridized carbons (Fsp3) is 0.263. The Morgan fingerprint density at radius 2 is 2.00 bits per heavy atom. The smallest absolute Gasteiger partial charge is 0.306 e. The standard InChI is InChI=1S/C19H19ClN2O6/c1-13-4-2-5-15(10-13)27-9-3-6-19(24)28-12-18(23)21-17-11-14(22(25)26)7-8-16(17)20/h2,4-5,7-8,10-11H,3,6,9,12H2,1H3,(H,21,23). The number of hydrogen-bond donors (Lipinski definition) is 1. The Balaban J connectivity index is 1.70. The zero-order valence-electron chi connectivity index (χ0n) is 15.1. The number of rotatable bonds is 9. The molecule has 2 aromatic carbocycles. The molecule has 2 aromatic rings. The summed E-state index contributed by atoms with van der Waals surface area (Å²) in [5.41, 5.74) is 0.931. The highest BCUT2D eigenvalue weighted by atomic mass is 35.5. The number of anilines is 1. The SMILES string of the molecule is Cc1cccc(OCCCC(=O)OCC(=O)Nc2cc([N+](=O)[O-])ccc2Cl)c1. The summed E-state index contributed by atoms with van der Waals surface area (Å²) in [6, 6.07) is 11.2. The zero-order chi connectivity index (χ0) is 20.5. The summed E-state index contributed by atoms with van der Waals surface area (Å²) in [6.07, 6.45) is 0.530. The van der Waals surface area contributed by atoms with E-state index in [9.17, 15) is 19.7 Å². The first kappa shape index (κ1) is 21.2. The van der Waals surface area contributed by atoms with Crippen LogP contribution in [-0.4, -0.2) is 30.0 Å². The predicted molar refractivity (Wildman–Crippen MR) is 104 cm³/mol. The van der Waals surface area contributed by atoms with Crippen molar-refractivity contribution >= 4 is 34.9 Å². The van der Waals surface area contributed by atoms with Crippen LogP contribution in [0.1, 0.15) is 18.4 Å². The number of nitro groups is 1. The maximum Gasteiger partial charge on any atom is 0.306 e. The van der Waals surface area contributed by atoms with E-state index in [4.69, 9.17) is 21.1 Å². The van der Waals surface area contributed by atoms with Crippen molar-refractivity contribution < 1.29 is 24.0 Å². The van der Waals surface area contributed by atoms with Crippen molar-refractivity contribution in [1.82, 2.24) is 0 Å². The summed E-state index contributed by atoms with van der Waals surface area (Å²) in [5.74, 6) is -0.471. The topological polar surface area (TPSA) is 108 Å². The summed E-state index contributed by atoms with van der Waals surface area (Å²) in [5, 5.41) is 13.3. The predicted octanol–water partition coefficient (Wildman–Crippen LogP) is 3.90. The molecule has 1 amide bonds. The van der Waals surface area contributed by atoms with Gasteiger partial charge < -0.3 is 14.8 Å². The zero-order valence-corrected chi connectivity index (χ0v) is 15.9. The van der Waals surface area contributed by atoms with Crippen molar-refractivity contribution in [2.45, 2.75) is 19.8 Å². The Morgan fingerprint density at radius 1 is 1.21 bits per heavy atom. The lowest BCUT2D eigenvalue weighted by molar-refractivity contribution is -0.384. The third kappa shape index (κ3) is 6.88. The first-order valence-corrected chi connectivity index (χ1v) is 8.82. The number of amides is 1. The van der Waals surface area contributed by atoms with E-state index >= 15 is 0 Å². The molecule has 28 heavy (non-hydrogen) atoms. The van der Waals surface area contributed by atoms with Gasteiger partial charge in [-0.2, -0.15) is 0 Å². The second-order valence-corrected chi connectivity index (χ2v) is 6.31. The van der Waals surface area contributed by atoms with Gasteiger partial charge in [0, 0.05) is 18.6 Å². The molecule has 2 rings (SSSR count). The number of ether oxygens (including phenoxy) is 2. The lowest BCUT2D eigenvalue weighted by Crippen LogP contribution is -2.21. The quantitative estimate of drug-likeness (QED) is 0.293.